The Bertz CT molecular complexity index is 261. The van der Waals surface area contributed by atoms with Crippen molar-refractivity contribution >= 4 is 17.4 Å². The van der Waals surface area contributed by atoms with Gasteiger partial charge in [0, 0.05) is 18.0 Å². The van der Waals surface area contributed by atoms with Crippen LogP contribution in [0, 0.1) is 0 Å². The summed E-state index contributed by atoms with van der Waals surface area (Å²) < 4.78 is 5.50. The molecule has 84 valence electrons. The maximum absolute atomic E-state index is 5.50. The van der Waals surface area contributed by atoms with E-state index in [-0.39, 0.29) is 0 Å². The molecule has 0 aromatic heterocycles. The summed E-state index contributed by atoms with van der Waals surface area (Å²) >= 11 is 1.85. The lowest BCUT2D eigenvalue weighted by Crippen LogP contribution is -2.03. The second kappa shape index (κ2) is 7.46. The molecule has 0 spiro atoms. The van der Waals surface area contributed by atoms with Gasteiger partial charge in [0.05, 0.1) is 6.61 Å². The largest absolute Gasteiger partial charge is 0.494 e. The molecule has 0 aliphatic heterocycles. The van der Waals surface area contributed by atoms with E-state index in [9.17, 15) is 0 Å². The van der Waals surface area contributed by atoms with Gasteiger partial charge in [-0.1, -0.05) is 6.92 Å². The summed E-state index contributed by atoms with van der Waals surface area (Å²) in [4.78, 5) is 0. The van der Waals surface area contributed by atoms with Crippen LogP contribution in [0.4, 0.5) is 5.69 Å². The minimum Gasteiger partial charge on any atom is -0.494 e. The number of anilines is 1. The van der Waals surface area contributed by atoms with Gasteiger partial charge in [0.25, 0.3) is 0 Å². The quantitative estimate of drug-likeness (QED) is 0.720. The van der Waals surface area contributed by atoms with Crippen LogP contribution in [-0.4, -0.2) is 25.2 Å². The molecule has 3 heteroatoms. The third-order valence-electron chi connectivity index (χ3n) is 1.96. The van der Waals surface area contributed by atoms with Gasteiger partial charge in [-0.2, -0.15) is 11.8 Å². The van der Waals surface area contributed by atoms with Crippen LogP contribution >= 0.6 is 11.8 Å². The fraction of sp³-hybridized carbons (Fsp3) is 0.500. The molecule has 0 atom stereocenters. The van der Waals surface area contributed by atoms with E-state index in [1.807, 2.05) is 23.9 Å². The summed E-state index contributed by atoms with van der Waals surface area (Å²) in [6.07, 6.45) is 3.16. The summed E-state index contributed by atoms with van der Waals surface area (Å²) in [5.41, 5.74) is 1.16. The van der Waals surface area contributed by atoms with Crippen LogP contribution in [0.25, 0.3) is 0 Å². The molecule has 0 aliphatic carbocycles. The van der Waals surface area contributed by atoms with Crippen LogP contribution in [-0.2, 0) is 0 Å². The van der Waals surface area contributed by atoms with Crippen molar-refractivity contribution in [1.29, 1.82) is 0 Å². The zero-order valence-electron chi connectivity index (χ0n) is 9.45. The molecule has 0 fully saturated rings. The molecule has 0 saturated carbocycles. The molecule has 0 bridgehead atoms. The Hall–Kier alpha value is -0.830. The minimum atomic E-state index is 0.791. The van der Waals surface area contributed by atoms with Gasteiger partial charge in [-0.05, 0) is 36.9 Å². The molecule has 1 N–H and O–H groups in total. The maximum Gasteiger partial charge on any atom is 0.119 e. The van der Waals surface area contributed by atoms with E-state index in [1.54, 1.807) is 0 Å². The fourth-order valence-electron chi connectivity index (χ4n) is 1.19. The van der Waals surface area contributed by atoms with Gasteiger partial charge in [-0.15, -0.1) is 0 Å². The molecule has 0 heterocycles. The summed E-state index contributed by atoms with van der Waals surface area (Å²) in [6, 6.07) is 8.14. The third kappa shape index (κ3) is 4.98. The minimum absolute atomic E-state index is 0.791. The zero-order chi connectivity index (χ0) is 10.9. The molecule has 15 heavy (non-hydrogen) atoms. The summed E-state index contributed by atoms with van der Waals surface area (Å²) in [7, 11) is 0. The smallest absolute Gasteiger partial charge is 0.119 e. The Morgan fingerprint density at radius 1 is 1.27 bits per heavy atom. The molecule has 0 radical (unpaired) electrons. The number of ether oxygens (including phenoxy) is 1. The van der Waals surface area contributed by atoms with Gasteiger partial charge in [-0.3, -0.25) is 0 Å². The Morgan fingerprint density at radius 3 is 2.60 bits per heavy atom. The van der Waals surface area contributed by atoms with Crippen molar-refractivity contribution < 1.29 is 4.74 Å². The molecule has 1 aromatic carbocycles. The van der Waals surface area contributed by atoms with Gasteiger partial charge >= 0.3 is 0 Å². The molecular weight excluding hydrogens is 206 g/mol. The normalized spacial score (nSPS) is 10.0. The molecule has 0 saturated heterocycles. The average Bonchev–Trinajstić information content (AvgIpc) is 2.28. The van der Waals surface area contributed by atoms with Gasteiger partial charge in [0.2, 0.25) is 0 Å². The second-order valence-corrected chi connectivity index (χ2v) is 4.28. The van der Waals surface area contributed by atoms with E-state index in [4.69, 9.17) is 4.74 Å². The lowest BCUT2D eigenvalue weighted by atomic mass is 10.3. The monoisotopic (exact) mass is 225 g/mol. The van der Waals surface area contributed by atoms with Crippen molar-refractivity contribution in [3.63, 3.8) is 0 Å². The highest BCUT2D eigenvalue weighted by atomic mass is 32.2. The summed E-state index contributed by atoms with van der Waals surface area (Å²) in [5.74, 6) is 2.08. The highest BCUT2D eigenvalue weighted by molar-refractivity contribution is 7.98. The van der Waals surface area contributed by atoms with E-state index in [1.165, 1.54) is 0 Å². The first-order valence-corrected chi connectivity index (χ1v) is 6.72. The highest BCUT2D eigenvalue weighted by Gasteiger charge is 1.94. The van der Waals surface area contributed by atoms with Crippen molar-refractivity contribution in [3.8, 4) is 5.75 Å². The highest BCUT2D eigenvalue weighted by Crippen LogP contribution is 2.15. The lowest BCUT2D eigenvalue weighted by molar-refractivity contribution is 0.317. The first-order valence-electron chi connectivity index (χ1n) is 5.32. The van der Waals surface area contributed by atoms with Crippen molar-refractivity contribution in [3.05, 3.63) is 24.3 Å². The van der Waals surface area contributed by atoms with E-state index in [0.29, 0.717) is 0 Å². The fourth-order valence-corrected chi connectivity index (χ4v) is 1.49. The Balaban J connectivity index is 2.35. The summed E-state index contributed by atoms with van der Waals surface area (Å²) in [6.45, 7) is 3.91. The molecule has 1 rings (SSSR count). The molecular formula is C12H19NOS. The molecule has 0 amide bonds. The van der Waals surface area contributed by atoms with Crippen LogP contribution in [0.15, 0.2) is 24.3 Å². The third-order valence-corrected chi connectivity index (χ3v) is 2.57. The number of thioether (sulfide) groups is 1. The number of hydrogen-bond donors (Lipinski definition) is 1. The standard InChI is InChI=1S/C12H19NOS/c1-3-9-14-12-6-4-11(5-7-12)13-8-10-15-2/h4-7,13H,3,8-10H2,1-2H3. The van der Waals surface area contributed by atoms with Crippen molar-refractivity contribution in [1.82, 2.24) is 0 Å². The van der Waals surface area contributed by atoms with Crippen LogP contribution in [0.2, 0.25) is 0 Å². The lowest BCUT2D eigenvalue weighted by Gasteiger charge is -2.07. The van der Waals surface area contributed by atoms with Crippen LogP contribution < -0.4 is 10.1 Å². The Labute approximate surface area is 96.4 Å². The number of rotatable bonds is 7. The first-order chi connectivity index (χ1) is 7.36. The van der Waals surface area contributed by atoms with Gasteiger partial charge in [-0.25, -0.2) is 0 Å². The number of nitrogens with one attached hydrogen (secondary N) is 1. The first kappa shape index (κ1) is 12.2. The van der Waals surface area contributed by atoms with Crippen molar-refractivity contribution in [2.45, 2.75) is 13.3 Å². The van der Waals surface area contributed by atoms with E-state index in [0.717, 1.165) is 36.8 Å². The molecule has 0 unspecified atom stereocenters. The van der Waals surface area contributed by atoms with Gasteiger partial charge in [0.15, 0.2) is 0 Å². The zero-order valence-corrected chi connectivity index (χ0v) is 10.3. The SMILES string of the molecule is CCCOc1ccc(NCCSC)cc1. The topological polar surface area (TPSA) is 21.3 Å². The predicted molar refractivity (Wildman–Crippen MR) is 69.1 cm³/mol. The number of hydrogen-bond acceptors (Lipinski definition) is 3. The van der Waals surface area contributed by atoms with E-state index >= 15 is 0 Å². The molecule has 0 aliphatic rings. The van der Waals surface area contributed by atoms with Gasteiger partial charge < -0.3 is 10.1 Å². The van der Waals surface area contributed by atoms with Crippen molar-refractivity contribution in [2.75, 3.05) is 30.5 Å². The molecule has 1 aromatic rings. The van der Waals surface area contributed by atoms with E-state index in [2.05, 4.69) is 30.6 Å². The van der Waals surface area contributed by atoms with Gasteiger partial charge in [0.1, 0.15) is 5.75 Å². The summed E-state index contributed by atoms with van der Waals surface area (Å²) in [5, 5.41) is 3.35. The molecule has 2 nitrogen and oxygen atoms in total. The van der Waals surface area contributed by atoms with Crippen LogP contribution in [0.3, 0.4) is 0 Å². The van der Waals surface area contributed by atoms with Crippen molar-refractivity contribution in [2.24, 2.45) is 0 Å². The predicted octanol–water partition coefficient (Wildman–Crippen LogP) is 3.25. The second-order valence-electron chi connectivity index (χ2n) is 3.29. The Morgan fingerprint density at radius 2 is 2.00 bits per heavy atom. The number of benzene rings is 1. The van der Waals surface area contributed by atoms with Crippen LogP contribution in [0.5, 0.6) is 5.75 Å². The van der Waals surface area contributed by atoms with E-state index < -0.39 is 0 Å². The Kier molecular flexibility index (Phi) is 6.09. The average molecular weight is 225 g/mol. The maximum atomic E-state index is 5.50. The van der Waals surface area contributed by atoms with Crippen LogP contribution in [0.1, 0.15) is 13.3 Å².